The van der Waals surface area contributed by atoms with Gasteiger partial charge in [-0.1, -0.05) is 20.8 Å². The van der Waals surface area contributed by atoms with Crippen LogP contribution < -0.4 is 4.80 Å². The fourth-order valence-corrected chi connectivity index (χ4v) is 2.39. The van der Waals surface area contributed by atoms with E-state index in [1.807, 2.05) is 0 Å². The van der Waals surface area contributed by atoms with Crippen molar-refractivity contribution in [3.8, 4) is 5.82 Å². The molecule has 0 saturated heterocycles. The molecule has 23 heavy (non-hydrogen) atoms. The molecule has 9 heteroatoms. The van der Waals surface area contributed by atoms with Crippen LogP contribution >= 0.6 is 11.3 Å². The van der Waals surface area contributed by atoms with Crippen molar-refractivity contribution >= 4 is 17.2 Å². The third-order valence-corrected chi connectivity index (χ3v) is 3.65. The van der Waals surface area contributed by atoms with E-state index in [1.54, 1.807) is 33.9 Å². The number of hydrogen-bond acceptors (Lipinski definition) is 4. The number of hydrogen-bond donors (Lipinski definition) is 0. The summed E-state index contributed by atoms with van der Waals surface area (Å²) in [5.74, 6) is -1.59. The van der Waals surface area contributed by atoms with Crippen LogP contribution in [0.25, 0.3) is 5.82 Å². The van der Waals surface area contributed by atoms with E-state index >= 15 is 0 Å². The van der Waals surface area contributed by atoms with Gasteiger partial charge in [0.05, 0.1) is 0 Å². The predicted molar refractivity (Wildman–Crippen MR) is 79.0 cm³/mol. The standard InChI is InChI=1S/C14H15F3N4OS/c1-8-7-21(12(23-8)20-11(22)13(2,3)4)9-5-6-18-10(19-9)14(15,16)17/h5-7H,1-4H3/b20-12-. The molecule has 2 aromatic rings. The number of aromatic nitrogens is 3. The summed E-state index contributed by atoms with van der Waals surface area (Å²) >= 11 is 1.20. The highest BCUT2D eigenvalue weighted by Gasteiger charge is 2.34. The molecule has 0 unspecified atom stereocenters. The predicted octanol–water partition coefficient (Wildman–Crippen LogP) is 3.13. The zero-order valence-corrected chi connectivity index (χ0v) is 13.8. The number of rotatable bonds is 1. The highest BCUT2D eigenvalue weighted by Crippen LogP contribution is 2.26. The van der Waals surface area contributed by atoms with Gasteiger partial charge in [0.2, 0.25) is 5.82 Å². The first-order valence-electron chi connectivity index (χ1n) is 6.67. The Morgan fingerprint density at radius 1 is 1.30 bits per heavy atom. The number of halogens is 3. The molecule has 0 aliphatic rings. The largest absolute Gasteiger partial charge is 0.451 e. The van der Waals surface area contributed by atoms with Gasteiger partial charge in [0.15, 0.2) is 4.80 Å². The molecule has 0 fully saturated rings. The maximum absolute atomic E-state index is 12.7. The second-order valence-corrected chi connectivity index (χ2v) is 7.11. The Morgan fingerprint density at radius 3 is 2.52 bits per heavy atom. The van der Waals surface area contributed by atoms with Gasteiger partial charge in [-0.2, -0.15) is 18.2 Å². The first-order valence-corrected chi connectivity index (χ1v) is 7.49. The van der Waals surface area contributed by atoms with E-state index in [9.17, 15) is 18.0 Å². The average molecular weight is 344 g/mol. The normalized spacial score (nSPS) is 13.4. The van der Waals surface area contributed by atoms with Crippen molar-refractivity contribution in [3.63, 3.8) is 0 Å². The second-order valence-electron chi connectivity index (χ2n) is 5.90. The van der Waals surface area contributed by atoms with Gasteiger partial charge in [0, 0.05) is 22.7 Å². The Hall–Kier alpha value is -2.03. The van der Waals surface area contributed by atoms with Crippen molar-refractivity contribution in [3.05, 3.63) is 34.0 Å². The van der Waals surface area contributed by atoms with Crippen LogP contribution in [0, 0.1) is 12.3 Å². The lowest BCUT2D eigenvalue weighted by Crippen LogP contribution is -2.23. The smallest absolute Gasteiger partial charge is 0.276 e. The van der Waals surface area contributed by atoms with Crippen molar-refractivity contribution in [1.82, 2.24) is 14.5 Å². The molecule has 124 valence electrons. The van der Waals surface area contributed by atoms with E-state index in [2.05, 4.69) is 15.0 Å². The van der Waals surface area contributed by atoms with Crippen LogP contribution in [0.4, 0.5) is 13.2 Å². The lowest BCUT2D eigenvalue weighted by atomic mass is 9.96. The molecule has 0 bridgehead atoms. The maximum atomic E-state index is 12.7. The maximum Gasteiger partial charge on any atom is 0.451 e. The summed E-state index contributed by atoms with van der Waals surface area (Å²) in [6.45, 7) is 6.93. The van der Waals surface area contributed by atoms with E-state index in [4.69, 9.17) is 0 Å². The first-order chi connectivity index (χ1) is 10.5. The topological polar surface area (TPSA) is 60.1 Å². The fraction of sp³-hybridized carbons (Fsp3) is 0.429. The van der Waals surface area contributed by atoms with Crippen LogP contribution in [0.3, 0.4) is 0 Å². The zero-order chi connectivity index (χ0) is 17.4. The number of nitrogens with zero attached hydrogens (tertiary/aromatic N) is 4. The lowest BCUT2D eigenvalue weighted by Gasteiger charge is -2.12. The van der Waals surface area contributed by atoms with E-state index in [0.29, 0.717) is 0 Å². The summed E-state index contributed by atoms with van der Waals surface area (Å²) in [6.07, 6.45) is -2.03. The highest BCUT2D eigenvalue weighted by atomic mass is 32.1. The van der Waals surface area contributed by atoms with Gasteiger partial charge in [-0.05, 0) is 13.0 Å². The van der Waals surface area contributed by atoms with E-state index in [-0.39, 0.29) is 16.5 Å². The lowest BCUT2D eigenvalue weighted by molar-refractivity contribution is -0.145. The average Bonchev–Trinajstić information content (AvgIpc) is 2.78. The van der Waals surface area contributed by atoms with Gasteiger partial charge < -0.3 is 0 Å². The van der Waals surface area contributed by atoms with E-state index in [0.717, 1.165) is 11.1 Å². The molecule has 0 saturated carbocycles. The van der Waals surface area contributed by atoms with Crippen molar-refractivity contribution < 1.29 is 18.0 Å². The molecule has 0 atom stereocenters. The third-order valence-electron chi connectivity index (χ3n) is 2.75. The van der Waals surface area contributed by atoms with Gasteiger partial charge in [-0.15, -0.1) is 11.3 Å². The Balaban J connectivity index is 2.58. The molecule has 5 nitrogen and oxygen atoms in total. The minimum atomic E-state index is -4.64. The zero-order valence-electron chi connectivity index (χ0n) is 13.0. The van der Waals surface area contributed by atoms with Gasteiger partial charge in [-0.25, -0.2) is 9.97 Å². The van der Waals surface area contributed by atoms with Crippen LogP contribution in [-0.4, -0.2) is 20.4 Å². The van der Waals surface area contributed by atoms with Gasteiger partial charge in [0.1, 0.15) is 5.82 Å². The number of alkyl halides is 3. The van der Waals surface area contributed by atoms with Gasteiger partial charge in [-0.3, -0.25) is 9.36 Å². The monoisotopic (exact) mass is 344 g/mol. The SMILES string of the molecule is Cc1cn(-c2ccnc(C(F)(F)F)n2)/c(=N/C(=O)C(C)(C)C)s1. The summed E-state index contributed by atoms with van der Waals surface area (Å²) in [5.41, 5.74) is -0.682. The summed E-state index contributed by atoms with van der Waals surface area (Å²) in [4.78, 5) is 23.9. The van der Waals surface area contributed by atoms with Crippen LogP contribution in [0.2, 0.25) is 0 Å². The first kappa shape index (κ1) is 17.3. The molecule has 0 aliphatic heterocycles. The summed E-state index contributed by atoms with van der Waals surface area (Å²) in [6, 6.07) is 1.34. The molecule has 0 aliphatic carbocycles. The molecule has 1 amide bonds. The molecule has 0 spiro atoms. The molecule has 0 N–H and O–H groups in total. The minimum absolute atomic E-state index is 0.0112. The Bertz CT molecular complexity index is 799. The molecule has 0 radical (unpaired) electrons. The number of aryl methyl sites for hydroxylation is 1. The molecule has 0 aromatic carbocycles. The van der Waals surface area contributed by atoms with Crippen molar-refractivity contribution in [2.24, 2.45) is 10.4 Å². The van der Waals surface area contributed by atoms with Crippen molar-refractivity contribution in [2.45, 2.75) is 33.9 Å². The molecule has 2 heterocycles. The van der Waals surface area contributed by atoms with Crippen LogP contribution in [0.15, 0.2) is 23.5 Å². The highest BCUT2D eigenvalue weighted by molar-refractivity contribution is 7.09. The van der Waals surface area contributed by atoms with E-state index in [1.165, 1.54) is 22.0 Å². The van der Waals surface area contributed by atoms with Crippen molar-refractivity contribution in [1.29, 1.82) is 0 Å². The Morgan fingerprint density at radius 2 is 1.96 bits per heavy atom. The fourth-order valence-electron chi connectivity index (χ4n) is 1.57. The second kappa shape index (κ2) is 5.88. The van der Waals surface area contributed by atoms with Crippen LogP contribution in [0.1, 0.15) is 31.5 Å². The molecular formula is C14H15F3N4OS. The minimum Gasteiger partial charge on any atom is -0.276 e. The molecule has 2 aromatic heterocycles. The number of amides is 1. The summed E-state index contributed by atoms with van der Waals surface area (Å²) < 4.78 is 39.6. The molecular weight excluding hydrogens is 329 g/mol. The van der Waals surface area contributed by atoms with Crippen molar-refractivity contribution in [2.75, 3.05) is 0 Å². The summed E-state index contributed by atoms with van der Waals surface area (Å²) in [5, 5.41) is 0. The van der Waals surface area contributed by atoms with Crippen LogP contribution in [0.5, 0.6) is 0 Å². The van der Waals surface area contributed by atoms with Gasteiger partial charge in [0.25, 0.3) is 5.91 Å². The number of thiazole rings is 1. The van der Waals surface area contributed by atoms with E-state index < -0.39 is 17.4 Å². The number of carbonyl (C=O) groups excluding carboxylic acids is 1. The third kappa shape index (κ3) is 4.04. The Kier molecular flexibility index (Phi) is 4.43. The molecule has 2 rings (SSSR count). The van der Waals surface area contributed by atoms with Crippen LogP contribution in [-0.2, 0) is 11.0 Å². The summed E-state index contributed by atoms with van der Waals surface area (Å²) in [7, 11) is 0. The number of carbonyl (C=O) groups is 1. The quantitative estimate of drug-likeness (QED) is 0.798. The Labute approximate surface area is 134 Å². The van der Waals surface area contributed by atoms with Gasteiger partial charge >= 0.3 is 6.18 Å².